The molecular formula is C47H87NO8. The Morgan fingerprint density at radius 2 is 1.05 bits per heavy atom. The van der Waals surface area contributed by atoms with E-state index in [1.165, 1.54) is 116 Å². The third-order valence-electron chi connectivity index (χ3n) is 11.0. The fourth-order valence-corrected chi connectivity index (χ4v) is 7.19. The number of rotatable bonds is 38. The lowest BCUT2D eigenvalue weighted by Gasteiger charge is -2.40. The maximum absolute atomic E-state index is 12.9. The lowest BCUT2D eigenvalue weighted by atomic mass is 9.99. The standard InChI is InChI=1S/C47H87NO8/c1-3-5-7-9-11-13-15-17-19-20-21-23-24-26-28-30-32-34-36-41(50)40(39-55-47-46(54)45(53)44(52)42(38-49)56-47)48-43(51)37-35-33-31-29-27-25-22-18-16-14-12-10-8-6-4-2/h12,14,18,22,34,36,40-42,44-47,49-50,52-54H,3-11,13,15-17,19-21,23-33,35,37-39H2,1-2H3,(H,48,51)/b14-12-,22-18-,36-34+. The predicted molar refractivity (Wildman–Crippen MR) is 230 cm³/mol. The summed E-state index contributed by atoms with van der Waals surface area (Å²) in [4.78, 5) is 12.9. The van der Waals surface area contributed by atoms with Gasteiger partial charge in [0.25, 0.3) is 0 Å². The van der Waals surface area contributed by atoms with Gasteiger partial charge in [-0.1, -0.05) is 179 Å². The number of amides is 1. The molecule has 6 N–H and O–H groups in total. The van der Waals surface area contributed by atoms with Crippen molar-refractivity contribution in [3.05, 3.63) is 36.5 Å². The molecule has 0 aromatic rings. The summed E-state index contributed by atoms with van der Waals surface area (Å²) < 4.78 is 11.2. The van der Waals surface area contributed by atoms with Crippen LogP contribution < -0.4 is 5.32 Å². The summed E-state index contributed by atoms with van der Waals surface area (Å²) in [6, 6.07) is -0.810. The monoisotopic (exact) mass is 794 g/mol. The van der Waals surface area contributed by atoms with Crippen molar-refractivity contribution in [1.82, 2.24) is 5.32 Å². The molecule has 0 aliphatic carbocycles. The van der Waals surface area contributed by atoms with Crippen LogP contribution >= 0.6 is 0 Å². The Hall–Kier alpha value is -1.59. The first-order valence-corrected chi connectivity index (χ1v) is 23.2. The molecular weight excluding hydrogens is 707 g/mol. The first-order chi connectivity index (χ1) is 27.3. The van der Waals surface area contributed by atoms with Gasteiger partial charge in [-0.25, -0.2) is 0 Å². The third-order valence-corrected chi connectivity index (χ3v) is 11.0. The highest BCUT2D eigenvalue weighted by molar-refractivity contribution is 5.76. The van der Waals surface area contributed by atoms with Gasteiger partial charge in [0.15, 0.2) is 6.29 Å². The van der Waals surface area contributed by atoms with Gasteiger partial charge in [-0.05, 0) is 51.4 Å². The Labute approximate surface area is 342 Å². The Morgan fingerprint density at radius 3 is 1.57 bits per heavy atom. The Balaban J connectivity index is 2.37. The van der Waals surface area contributed by atoms with Crippen LogP contribution in [0.3, 0.4) is 0 Å². The molecule has 9 heteroatoms. The summed E-state index contributed by atoms with van der Waals surface area (Å²) >= 11 is 0. The third kappa shape index (κ3) is 27.9. The van der Waals surface area contributed by atoms with Gasteiger partial charge in [0.2, 0.25) is 5.91 Å². The molecule has 0 aromatic carbocycles. The topological polar surface area (TPSA) is 149 Å². The zero-order chi connectivity index (χ0) is 40.9. The van der Waals surface area contributed by atoms with Crippen molar-refractivity contribution in [2.45, 2.75) is 243 Å². The molecule has 7 atom stereocenters. The number of carbonyl (C=O) groups excluding carboxylic acids is 1. The highest BCUT2D eigenvalue weighted by atomic mass is 16.7. The van der Waals surface area contributed by atoms with Crippen molar-refractivity contribution in [2.75, 3.05) is 13.2 Å². The van der Waals surface area contributed by atoms with E-state index in [0.29, 0.717) is 6.42 Å². The van der Waals surface area contributed by atoms with Crippen LogP contribution in [0.1, 0.15) is 200 Å². The Kier molecular flexibility index (Phi) is 35.3. The number of nitrogens with one attached hydrogen (secondary N) is 1. The SMILES string of the molecule is CCCCC/C=C\C/C=C\CCCCCCCC(=O)NC(COC1OC(CO)C(O)C(O)C1O)C(O)/C=C/CCCCCCCCCCCCCCCCCC. The minimum atomic E-state index is -1.57. The molecule has 328 valence electrons. The second-order valence-corrected chi connectivity index (χ2v) is 16.2. The van der Waals surface area contributed by atoms with Gasteiger partial charge < -0.3 is 40.3 Å². The molecule has 7 unspecified atom stereocenters. The minimum absolute atomic E-state index is 0.191. The molecule has 0 bridgehead atoms. The molecule has 0 spiro atoms. The summed E-state index contributed by atoms with van der Waals surface area (Å²) in [6.45, 7) is 3.74. The molecule has 9 nitrogen and oxygen atoms in total. The number of aliphatic hydroxyl groups excluding tert-OH is 5. The number of ether oxygens (including phenoxy) is 2. The van der Waals surface area contributed by atoms with Crippen LogP contribution in [0.2, 0.25) is 0 Å². The van der Waals surface area contributed by atoms with Gasteiger partial charge in [0.1, 0.15) is 24.4 Å². The summed E-state index contributed by atoms with van der Waals surface area (Å²) in [6.07, 6.45) is 38.9. The smallest absolute Gasteiger partial charge is 0.220 e. The number of aliphatic hydroxyl groups is 5. The van der Waals surface area contributed by atoms with E-state index in [-0.39, 0.29) is 12.5 Å². The van der Waals surface area contributed by atoms with Crippen molar-refractivity contribution in [3.8, 4) is 0 Å². The maximum Gasteiger partial charge on any atom is 0.220 e. The fraction of sp³-hybridized carbons (Fsp3) is 0.851. The zero-order valence-corrected chi connectivity index (χ0v) is 35.9. The molecule has 0 saturated carbocycles. The molecule has 0 aromatic heterocycles. The first kappa shape index (κ1) is 52.4. The molecule has 56 heavy (non-hydrogen) atoms. The van der Waals surface area contributed by atoms with Crippen LogP contribution in [0.5, 0.6) is 0 Å². The van der Waals surface area contributed by atoms with Gasteiger partial charge in [-0.2, -0.15) is 0 Å². The molecule has 0 radical (unpaired) electrons. The zero-order valence-electron chi connectivity index (χ0n) is 35.9. The van der Waals surface area contributed by atoms with Gasteiger partial charge in [0.05, 0.1) is 25.4 Å². The van der Waals surface area contributed by atoms with Crippen molar-refractivity contribution >= 4 is 5.91 Å². The molecule has 1 rings (SSSR count). The number of hydrogen-bond donors (Lipinski definition) is 6. The second kappa shape index (κ2) is 37.7. The van der Waals surface area contributed by atoms with E-state index in [4.69, 9.17) is 9.47 Å². The van der Waals surface area contributed by atoms with E-state index in [1.54, 1.807) is 6.08 Å². The van der Waals surface area contributed by atoms with Crippen LogP contribution in [0.4, 0.5) is 0 Å². The summed E-state index contributed by atoms with van der Waals surface area (Å²) in [5, 5.41) is 54.2. The normalized spacial score (nSPS) is 21.4. The Morgan fingerprint density at radius 1 is 0.607 bits per heavy atom. The lowest BCUT2D eigenvalue weighted by Crippen LogP contribution is -2.60. The van der Waals surface area contributed by atoms with E-state index < -0.39 is 49.5 Å². The number of hydrogen-bond acceptors (Lipinski definition) is 8. The predicted octanol–water partition coefficient (Wildman–Crippen LogP) is 9.67. The van der Waals surface area contributed by atoms with Gasteiger partial charge in [0, 0.05) is 6.42 Å². The van der Waals surface area contributed by atoms with Crippen molar-refractivity contribution in [2.24, 2.45) is 0 Å². The summed E-state index contributed by atoms with van der Waals surface area (Å²) in [5.74, 6) is -0.191. The van der Waals surface area contributed by atoms with Crippen molar-refractivity contribution in [3.63, 3.8) is 0 Å². The van der Waals surface area contributed by atoms with Crippen LogP contribution in [0.25, 0.3) is 0 Å². The first-order valence-electron chi connectivity index (χ1n) is 23.2. The van der Waals surface area contributed by atoms with E-state index >= 15 is 0 Å². The van der Waals surface area contributed by atoms with Gasteiger partial charge in [-0.15, -0.1) is 0 Å². The highest BCUT2D eigenvalue weighted by Gasteiger charge is 2.44. The van der Waals surface area contributed by atoms with Crippen LogP contribution in [0.15, 0.2) is 36.5 Å². The molecule has 1 aliphatic rings. The van der Waals surface area contributed by atoms with Gasteiger partial charge in [-0.3, -0.25) is 4.79 Å². The van der Waals surface area contributed by atoms with Crippen LogP contribution in [-0.4, -0.2) is 87.5 Å². The quantitative estimate of drug-likeness (QED) is 0.0268. The number of unbranched alkanes of at least 4 members (excludes halogenated alkanes) is 24. The lowest BCUT2D eigenvalue weighted by molar-refractivity contribution is -0.302. The molecule has 1 fully saturated rings. The second-order valence-electron chi connectivity index (χ2n) is 16.2. The average molecular weight is 794 g/mol. The summed E-state index contributed by atoms with van der Waals surface area (Å²) in [5.41, 5.74) is 0. The molecule has 1 saturated heterocycles. The minimum Gasteiger partial charge on any atom is -0.394 e. The van der Waals surface area contributed by atoms with Crippen molar-refractivity contribution < 1.29 is 39.8 Å². The summed E-state index contributed by atoms with van der Waals surface area (Å²) in [7, 11) is 0. The largest absolute Gasteiger partial charge is 0.394 e. The van der Waals surface area contributed by atoms with Crippen LogP contribution in [0, 0.1) is 0 Å². The fourth-order valence-electron chi connectivity index (χ4n) is 7.19. The van der Waals surface area contributed by atoms with E-state index in [1.807, 2.05) is 6.08 Å². The number of carbonyl (C=O) groups is 1. The average Bonchev–Trinajstić information content (AvgIpc) is 3.20. The maximum atomic E-state index is 12.9. The molecule has 1 heterocycles. The van der Waals surface area contributed by atoms with Crippen LogP contribution in [-0.2, 0) is 14.3 Å². The van der Waals surface area contributed by atoms with Crippen molar-refractivity contribution in [1.29, 1.82) is 0 Å². The van der Waals surface area contributed by atoms with Gasteiger partial charge >= 0.3 is 0 Å². The highest BCUT2D eigenvalue weighted by Crippen LogP contribution is 2.22. The number of allylic oxidation sites excluding steroid dienone is 5. The van der Waals surface area contributed by atoms with E-state index in [9.17, 15) is 30.3 Å². The van der Waals surface area contributed by atoms with E-state index in [0.717, 1.165) is 64.2 Å². The van der Waals surface area contributed by atoms with E-state index in [2.05, 4.69) is 43.5 Å². The molecule has 1 aliphatic heterocycles. The Bertz CT molecular complexity index is 972. The molecule has 1 amide bonds.